The van der Waals surface area contributed by atoms with E-state index in [4.69, 9.17) is 9.47 Å². The van der Waals surface area contributed by atoms with Crippen molar-refractivity contribution in [2.24, 2.45) is 0 Å². The van der Waals surface area contributed by atoms with Gasteiger partial charge in [0.25, 0.3) is 5.91 Å². The Morgan fingerprint density at radius 3 is 2.73 bits per heavy atom. The van der Waals surface area contributed by atoms with Crippen LogP contribution >= 0.6 is 0 Å². The molecule has 2 amide bonds. The summed E-state index contributed by atoms with van der Waals surface area (Å²) in [6.45, 7) is 0.150. The van der Waals surface area contributed by atoms with Gasteiger partial charge in [0.15, 0.2) is 11.5 Å². The number of para-hydroxylation sites is 2. The van der Waals surface area contributed by atoms with E-state index in [2.05, 4.69) is 15.3 Å². The van der Waals surface area contributed by atoms with Gasteiger partial charge in [-0.1, -0.05) is 36.4 Å². The number of ether oxygens (including phenoxy) is 2. The molecule has 0 aliphatic carbocycles. The highest BCUT2D eigenvalue weighted by Gasteiger charge is 2.43. The quantitative estimate of drug-likeness (QED) is 0.505. The van der Waals surface area contributed by atoms with Crippen LogP contribution in [-0.4, -0.2) is 40.5 Å². The van der Waals surface area contributed by atoms with Crippen LogP contribution in [0.5, 0.6) is 11.5 Å². The van der Waals surface area contributed by atoms with Crippen LogP contribution in [0.15, 0.2) is 66.7 Å². The topological polar surface area (TPSA) is 96.6 Å². The minimum absolute atomic E-state index is 0.138. The van der Waals surface area contributed by atoms with E-state index >= 15 is 0 Å². The van der Waals surface area contributed by atoms with Gasteiger partial charge in [-0.3, -0.25) is 14.9 Å². The van der Waals surface area contributed by atoms with E-state index in [1.54, 1.807) is 24.1 Å². The minimum Gasteiger partial charge on any atom is -0.454 e. The predicted octanol–water partition coefficient (Wildman–Crippen LogP) is 3.84. The molecule has 2 atom stereocenters. The molecule has 8 heteroatoms. The first-order valence-electron chi connectivity index (χ1n) is 10.6. The van der Waals surface area contributed by atoms with Gasteiger partial charge in [-0.2, -0.15) is 0 Å². The molecule has 164 valence electrons. The van der Waals surface area contributed by atoms with Crippen LogP contribution in [0.4, 0.5) is 5.95 Å². The highest BCUT2D eigenvalue weighted by atomic mass is 16.7. The van der Waals surface area contributed by atoms with Crippen molar-refractivity contribution in [3.8, 4) is 11.5 Å². The van der Waals surface area contributed by atoms with Crippen LogP contribution in [0, 0.1) is 0 Å². The number of hydrogen-bond donors (Lipinski definition) is 2. The maximum Gasteiger partial charge on any atom is 0.254 e. The zero-order valence-electron chi connectivity index (χ0n) is 17.7. The number of hydrogen-bond acceptors (Lipinski definition) is 5. The smallest absolute Gasteiger partial charge is 0.254 e. The molecule has 2 N–H and O–H groups in total. The molecule has 0 spiro atoms. The molecule has 0 saturated heterocycles. The Bertz CT molecular complexity index is 1380. The van der Waals surface area contributed by atoms with Gasteiger partial charge in [-0.25, -0.2) is 4.98 Å². The Morgan fingerprint density at radius 2 is 1.85 bits per heavy atom. The van der Waals surface area contributed by atoms with Crippen LogP contribution in [0.3, 0.4) is 0 Å². The second-order valence-corrected chi connectivity index (χ2v) is 8.13. The number of rotatable bonds is 3. The normalized spacial score (nSPS) is 18.9. The van der Waals surface area contributed by atoms with Crippen molar-refractivity contribution >= 4 is 28.8 Å². The number of benzene rings is 3. The number of H-pyrrole nitrogens is 1. The fourth-order valence-corrected chi connectivity index (χ4v) is 4.68. The molecule has 3 aromatic carbocycles. The van der Waals surface area contributed by atoms with Crippen molar-refractivity contribution in [1.29, 1.82) is 0 Å². The molecule has 0 unspecified atom stereocenters. The highest BCUT2D eigenvalue weighted by Crippen LogP contribution is 2.45. The van der Waals surface area contributed by atoms with Gasteiger partial charge in [-0.15, -0.1) is 0 Å². The molecular formula is C25H20N4O4. The van der Waals surface area contributed by atoms with E-state index in [-0.39, 0.29) is 18.6 Å². The van der Waals surface area contributed by atoms with Crippen LogP contribution in [0.1, 0.15) is 33.4 Å². The fraction of sp³-hybridized carbons (Fsp3) is 0.160. The molecule has 0 fully saturated rings. The maximum atomic E-state index is 13.7. The molecule has 0 bridgehead atoms. The number of nitrogens with zero attached hydrogens (tertiary/aromatic N) is 2. The van der Waals surface area contributed by atoms with Gasteiger partial charge in [0, 0.05) is 12.6 Å². The Morgan fingerprint density at radius 1 is 1.06 bits per heavy atom. The average Bonchev–Trinajstić information content (AvgIpc) is 3.46. The summed E-state index contributed by atoms with van der Waals surface area (Å²) in [7, 11) is 1.72. The summed E-state index contributed by atoms with van der Waals surface area (Å²) in [5, 5.41) is 2.93. The van der Waals surface area contributed by atoms with Crippen molar-refractivity contribution in [1.82, 2.24) is 14.9 Å². The van der Waals surface area contributed by atoms with E-state index < -0.39 is 12.0 Å². The number of nitrogens with one attached hydrogen (secondary N) is 2. The van der Waals surface area contributed by atoms with E-state index in [9.17, 15) is 9.59 Å². The van der Waals surface area contributed by atoms with E-state index in [1.165, 1.54) is 0 Å². The molecular weight excluding hydrogens is 420 g/mol. The first-order valence-corrected chi connectivity index (χ1v) is 10.6. The van der Waals surface area contributed by atoms with Gasteiger partial charge in [0.1, 0.15) is 0 Å². The number of likely N-dealkylation sites (N-methyl/N-ethyl adjacent to an activating group) is 1. The molecule has 6 rings (SSSR count). The van der Waals surface area contributed by atoms with E-state index in [1.807, 2.05) is 54.6 Å². The minimum atomic E-state index is -0.655. The summed E-state index contributed by atoms with van der Waals surface area (Å²) in [5.74, 6) is 0.556. The Balaban J connectivity index is 1.44. The largest absolute Gasteiger partial charge is 0.454 e. The molecule has 1 aromatic heterocycles. The summed E-state index contributed by atoms with van der Waals surface area (Å²) in [5.41, 5.74) is 3.57. The Labute approximate surface area is 189 Å². The highest BCUT2D eigenvalue weighted by molar-refractivity contribution is 6.04. The number of amides is 2. The third-order valence-corrected chi connectivity index (χ3v) is 6.23. The fourth-order valence-electron chi connectivity index (χ4n) is 4.68. The summed E-state index contributed by atoms with van der Waals surface area (Å²) < 4.78 is 11.0. The molecule has 0 saturated carbocycles. The lowest BCUT2D eigenvalue weighted by Crippen LogP contribution is -2.44. The predicted molar refractivity (Wildman–Crippen MR) is 121 cm³/mol. The molecule has 8 nitrogen and oxygen atoms in total. The van der Waals surface area contributed by atoms with Crippen LogP contribution in [0.2, 0.25) is 0 Å². The monoisotopic (exact) mass is 440 g/mol. The lowest BCUT2D eigenvalue weighted by molar-refractivity contribution is -0.119. The summed E-state index contributed by atoms with van der Waals surface area (Å²) in [6, 6.07) is 19.8. The third kappa shape index (κ3) is 3.10. The Hall–Kier alpha value is -4.33. The molecule has 2 aliphatic heterocycles. The van der Waals surface area contributed by atoms with E-state index in [0.29, 0.717) is 28.6 Å². The number of anilines is 1. The average molecular weight is 440 g/mol. The van der Waals surface area contributed by atoms with Gasteiger partial charge < -0.3 is 19.4 Å². The zero-order valence-corrected chi connectivity index (χ0v) is 17.7. The third-order valence-electron chi connectivity index (χ3n) is 6.23. The van der Waals surface area contributed by atoms with E-state index in [0.717, 1.165) is 16.6 Å². The SMILES string of the molecule is CN1C(=O)c2ccccc2[C@@H](C(=O)Nc2nc3ccccc3[nH]2)[C@@H]1c1ccc2c(c1)OCO2. The van der Waals surface area contributed by atoms with Gasteiger partial charge in [0.05, 0.1) is 23.0 Å². The summed E-state index contributed by atoms with van der Waals surface area (Å²) in [4.78, 5) is 36.1. The first-order chi connectivity index (χ1) is 16.1. The molecule has 0 radical (unpaired) electrons. The van der Waals surface area contributed by atoms with Crippen LogP contribution in [-0.2, 0) is 4.79 Å². The standard InChI is InChI=1S/C25H20N4O4/c1-29-22(14-10-11-19-20(12-14)33-13-32-19)21(15-6-2-3-7-16(15)24(29)31)23(30)28-25-26-17-8-4-5-9-18(17)27-25/h2-12,21-22H,13H2,1H3,(H2,26,27,28,30)/t21-,22+/m1/s1. The van der Waals surface area contributed by atoms with Gasteiger partial charge in [-0.05, 0) is 41.5 Å². The maximum absolute atomic E-state index is 13.7. The van der Waals surface area contributed by atoms with Gasteiger partial charge >= 0.3 is 0 Å². The Kier molecular flexibility index (Phi) is 4.33. The number of aromatic nitrogens is 2. The lowest BCUT2D eigenvalue weighted by atomic mass is 9.79. The number of aromatic amines is 1. The van der Waals surface area contributed by atoms with Gasteiger partial charge in [0.2, 0.25) is 18.6 Å². The summed E-state index contributed by atoms with van der Waals surface area (Å²) >= 11 is 0. The number of carbonyl (C=O) groups excluding carboxylic acids is 2. The lowest BCUT2D eigenvalue weighted by Gasteiger charge is -2.39. The molecule has 2 aliphatic rings. The van der Waals surface area contributed by atoms with Crippen LogP contribution < -0.4 is 14.8 Å². The first kappa shape index (κ1) is 19.4. The second kappa shape index (κ2) is 7.37. The van der Waals surface area contributed by atoms with Crippen molar-refractivity contribution in [3.05, 3.63) is 83.4 Å². The van der Waals surface area contributed by atoms with Crippen molar-refractivity contribution < 1.29 is 19.1 Å². The number of imidazole rings is 1. The number of fused-ring (bicyclic) bond motifs is 3. The molecule has 4 aromatic rings. The van der Waals surface area contributed by atoms with Crippen molar-refractivity contribution in [2.45, 2.75) is 12.0 Å². The number of carbonyl (C=O) groups is 2. The second-order valence-electron chi connectivity index (χ2n) is 8.13. The molecule has 33 heavy (non-hydrogen) atoms. The van der Waals surface area contributed by atoms with Crippen molar-refractivity contribution in [3.63, 3.8) is 0 Å². The molecule has 3 heterocycles. The van der Waals surface area contributed by atoms with Crippen LogP contribution in [0.25, 0.3) is 11.0 Å². The van der Waals surface area contributed by atoms with Crippen molar-refractivity contribution in [2.75, 3.05) is 19.2 Å². The zero-order chi connectivity index (χ0) is 22.5. The summed E-state index contributed by atoms with van der Waals surface area (Å²) in [6.07, 6.45) is 0.